The molecule has 0 saturated carbocycles. The summed E-state index contributed by atoms with van der Waals surface area (Å²) in [5.74, 6) is 0.458. The summed E-state index contributed by atoms with van der Waals surface area (Å²) in [6, 6.07) is 10.7. The van der Waals surface area contributed by atoms with Gasteiger partial charge in [0.1, 0.15) is 12.1 Å². The van der Waals surface area contributed by atoms with Gasteiger partial charge in [0, 0.05) is 23.8 Å². The van der Waals surface area contributed by atoms with E-state index >= 15 is 0 Å². The minimum absolute atomic E-state index is 0.216. The molecular weight excluding hydrogens is 394 g/mol. The zero-order chi connectivity index (χ0) is 20.8. The highest BCUT2D eigenvalue weighted by Gasteiger charge is 2.15. The van der Waals surface area contributed by atoms with Crippen molar-refractivity contribution in [3.05, 3.63) is 53.3 Å². The molecule has 0 fully saturated rings. The molecule has 1 heterocycles. The van der Waals surface area contributed by atoms with Gasteiger partial charge in [0.25, 0.3) is 5.91 Å². The van der Waals surface area contributed by atoms with E-state index in [9.17, 15) is 4.79 Å². The van der Waals surface area contributed by atoms with Crippen LogP contribution in [0.5, 0.6) is 5.75 Å². The lowest BCUT2D eigenvalue weighted by atomic mass is 10.2. The van der Waals surface area contributed by atoms with Crippen LogP contribution in [0.25, 0.3) is 16.7 Å². The van der Waals surface area contributed by atoms with Crippen LogP contribution in [0.15, 0.2) is 42.7 Å². The van der Waals surface area contributed by atoms with Gasteiger partial charge in [-0.1, -0.05) is 11.6 Å². The molecule has 8 heteroatoms. The third kappa shape index (κ3) is 4.87. The van der Waals surface area contributed by atoms with Crippen LogP contribution in [0.4, 0.5) is 0 Å². The Balaban J connectivity index is 1.82. The summed E-state index contributed by atoms with van der Waals surface area (Å²) < 4.78 is 18.2. The maximum Gasteiger partial charge on any atom is 0.251 e. The number of ether oxygens (including phenoxy) is 3. The zero-order valence-corrected chi connectivity index (χ0v) is 17.4. The van der Waals surface area contributed by atoms with Crippen LogP contribution in [-0.4, -0.2) is 48.6 Å². The molecule has 3 aromatic rings. The molecule has 1 aromatic heterocycles. The van der Waals surface area contributed by atoms with Crippen LogP contribution in [0.1, 0.15) is 24.2 Å². The van der Waals surface area contributed by atoms with Gasteiger partial charge < -0.3 is 19.5 Å². The fourth-order valence-electron chi connectivity index (χ4n) is 3.01. The van der Waals surface area contributed by atoms with Crippen molar-refractivity contribution >= 4 is 28.5 Å². The number of hydrogen-bond acceptors (Lipinski definition) is 5. The molecule has 0 aliphatic heterocycles. The van der Waals surface area contributed by atoms with E-state index in [2.05, 4.69) is 10.3 Å². The smallest absolute Gasteiger partial charge is 0.251 e. The summed E-state index contributed by atoms with van der Waals surface area (Å²) in [6.07, 6.45) is 1.22. The first-order valence-corrected chi connectivity index (χ1v) is 9.77. The van der Waals surface area contributed by atoms with Crippen LogP contribution >= 0.6 is 11.6 Å². The molecule has 0 aliphatic rings. The van der Waals surface area contributed by atoms with Gasteiger partial charge in [-0.25, -0.2) is 4.98 Å². The summed E-state index contributed by atoms with van der Waals surface area (Å²) >= 11 is 6.15. The zero-order valence-electron chi connectivity index (χ0n) is 16.6. The monoisotopic (exact) mass is 417 g/mol. The number of benzene rings is 2. The fraction of sp³-hybridized carbons (Fsp3) is 0.333. The Morgan fingerprint density at radius 1 is 1.17 bits per heavy atom. The van der Waals surface area contributed by atoms with Crippen molar-refractivity contribution in [2.75, 3.05) is 26.9 Å². The highest BCUT2D eigenvalue weighted by atomic mass is 35.5. The highest BCUT2D eigenvalue weighted by molar-refractivity contribution is 6.30. The average Bonchev–Trinajstić information content (AvgIpc) is 3.15. The number of halogens is 1. The standard InChI is InChI=1S/C21H24ClN3O4/c1-4-28-20(29-5-2)12-23-21(26)14-6-8-17-16(10-14)24-13-25(17)18-11-15(22)7-9-19(18)27-3/h6-11,13,20H,4-5,12H2,1-3H3,(H,23,26). The van der Waals surface area contributed by atoms with Crippen LogP contribution < -0.4 is 10.1 Å². The number of carbonyl (C=O) groups excluding carboxylic acids is 1. The highest BCUT2D eigenvalue weighted by Crippen LogP contribution is 2.29. The SMILES string of the molecule is CCOC(CNC(=O)c1ccc2c(c1)ncn2-c1cc(Cl)ccc1OC)OCC. The number of aromatic nitrogens is 2. The molecule has 0 aliphatic carbocycles. The topological polar surface area (TPSA) is 74.6 Å². The van der Waals surface area contributed by atoms with Gasteiger partial charge >= 0.3 is 0 Å². The lowest BCUT2D eigenvalue weighted by Crippen LogP contribution is -2.35. The molecule has 154 valence electrons. The van der Waals surface area contributed by atoms with E-state index < -0.39 is 6.29 Å². The number of methoxy groups -OCH3 is 1. The minimum atomic E-state index is -0.466. The molecule has 2 aromatic carbocycles. The van der Waals surface area contributed by atoms with E-state index in [-0.39, 0.29) is 12.5 Å². The molecule has 0 unspecified atom stereocenters. The van der Waals surface area contributed by atoms with Gasteiger partial charge in [0.2, 0.25) is 0 Å². The minimum Gasteiger partial charge on any atom is -0.495 e. The third-order valence-corrected chi connectivity index (χ3v) is 4.58. The lowest BCUT2D eigenvalue weighted by molar-refractivity contribution is -0.131. The van der Waals surface area contributed by atoms with Crippen molar-refractivity contribution in [1.29, 1.82) is 0 Å². The van der Waals surface area contributed by atoms with Crippen molar-refractivity contribution in [1.82, 2.24) is 14.9 Å². The molecule has 1 N–H and O–H groups in total. The van der Waals surface area contributed by atoms with Gasteiger partial charge in [-0.05, 0) is 50.2 Å². The lowest BCUT2D eigenvalue weighted by Gasteiger charge is -2.17. The molecule has 0 atom stereocenters. The molecular formula is C21H24ClN3O4. The average molecular weight is 418 g/mol. The second kappa shape index (κ2) is 9.73. The van der Waals surface area contributed by atoms with Crippen molar-refractivity contribution in [2.45, 2.75) is 20.1 Å². The first kappa shape index (κ1) is 21.1. The van der Waals surface area contributed by atoms with Crippen molar-refractivity contribution in [2.24, 2.45) is 0 Å². The van der Waals surface area contributed by atoms with E-state index in [1.54, 1.807) is 37.7 Å². The Morgan fingerprint density at radius 3 is 2.62 bits per heavy atom. The van der Waals surface area contributed by atoms with Crippen molar-refractivity contribution in [3.63, 3.8) is 0 Å². The molecule has 29 heavy (non-hydrogen) atoms. The third-order valence-electron chi connectivity index (χ3n) is 4.34. The quantitative estimate of drug-likeness (QED) is 0.536. The summed E-state index contributed by atoms with van der Waals surface area (Å²) in [5, 5.41) is 3.43. The number of imidazole rings is 1. The second-order valence-electron chi connectivity index (χ2n) is 6.18. The van der Waals surface area contributed by atoms with Crippen LogP contribution in [0.3, 0.4) is 0 Å². The summed E-state index contributed by atoms with van der Waals surface area (Å²) in [4.78, 5) is 17.0. The fourth-order valence-corrected chi connectivity index (χ4v) is 3.18. The van der Waals surface area contributed by atoms with E-state index in [0.717, 1.165) is 11.2 Å². The summed E-state index contributed by atoms with van der Waals surface area (Å²) in [5.41, 5.74) is 2.80. The Bertz CT molecular complexity index is 983. The predicted molar refractivity (Wildman–Crippen MR) is 112 cm³/mol. The first-order chi connectivity index (χ1) is 14.1. The molecule has 3 rings (SSSR count). The van der Waals surface area contributed by atoms with Crippen molar-refractivity contribution in [3.8, 4) is 11.4 Å². The Hall–Kier alpha value is -2.61. The number of nitrogens with one attached hydrogen (secondary N) is 1. The van der Waals surface area contributed by atoms with Crippen LogP contribution in [0, 0.1) is 0 Å². The first-order valence-electron chi connectivity index (χ1n) is 9.39. The van der Waals surface area contributed by atoms with E-state index in [1.807, 2.05) is 30.5 Å². The molecule has 0 radical (unpaired) electrons. The van der Waals surface area contributed by atoms with Gasteiger partial charge in [-0.3, -0.25) is 9.36 Å². The second-order valence-corrected chi connectivity index (χ2v) is 6.62. The number of hydrogen-bond donors (Lipinski definition) is 1. The molecule has 0 spiro atoms. The molecule has 0 bridgehead atoms. The molecule has 0 saturated heterocycles. The Labute approximate surface area is 174 Å². The van der Waals surface area contributed by atoms with Gasteiger partial charge in [0.15, 0.2) is 6.29 Å². The van der Waals surface area contributed by atoms with Crippen molar-refractivity contribution < 1.29 is 19.0 Å². The largest absolute Gasteiger partial charge is 0.495 e. The van der Waals surface area contributed by atoms with E-state index in [4.69, 9.17) is 25.8 Å². The summed E-state index contributed by atoms with van der Waals surface area (Å²) in [7, 11) is 1.60. The van der Waals surface area contributed by atoms with Gasteiger partial charge in [-0.2, -0.15) is 0 Å². The Kier molecular flexibility index (Phi) is 7.09. The van der Waals surface area contributed by atoms with Gasteiger partial charge in [0.05, 0.1) is 30.4 Å². The normalized spacial score (nSPS) is 11.2. The predicted octanol–water partition coefficient (Wildman–Crippen LogP) is 3.82. The number of rotatable bonds is 9. The van der Waals surface area contributed by atoms with Gasteiger partial charge in [-0.15, -0.1) is 0 Å². The Morgan fingerprint density at radius 2 is 1.93 bits per heavy atom. The number of amides is 1. The number of carbonyl (C=O) groups is 1. The summed E-state index contributed by atoms with van der Waals surface area (Å²) in [6.45, 7) is 5.06. The maximum absolute atomic E-state index is 12.5. The van der Waals surface area contributed by atoms with Crippen LogP contribution in [0.2, 0.25) is 5.02 Å². The number of nitrogens with zero attached hydrogens (tertiary/aromatic N) is 2. The molecule has 1 amide bonds. The van der Waals surface area contributed by atoms with Crippen LogP contribution in [-0.2, 0) is 9.47 Å². The van der Waals surface area contributed by atoms with E-state index in [1.165, 1.54) is 0 Å². The maximum atomic E-state index is 12.5. The number of fused-ring (bicyclic) bond motifs is 1. The van der Waals surface area contributed by atoms with E-state index in [0.29, 0.717) is 35.1 Å². The molecule has 7 nitrogen and oxygen atoms in total.